The maximum absolute atomic E-state index is 15.5. The first-order valence-corrected chi connectivity index (χ1v) is 39.9. The van der Waals surface area contributed by atoms with Crippen LogP contribution >= 0.6 is 0 Å². The molecule has 2 aromatic heterocycles. The van der Waals surface area contributed by atoms with Crippen molar-refractivity contribution in [2.45, 2.75) is 189 Å². The summed E-state index contributed by atoms with van der Waals surface area (Å²) in [6.07, 6.45) is 0.435. The van der Waals surface area contributed by atoms with E-state index in [0.717, 1.165) is 65.9 Å². The fourth-order valence-electron chi connectivity index (χ4n) is 15.5. The standard InChI is InChI=1S/C79H96F2N2O4Si4/c1-44(2)88(45(3)4)60-22-26-64-65-27-23-61(89(46(5)6)47(7)8)41-71(65)82(70(64)40-60)74-76(84)68(56-32-52(17)34-58(80)38-56)36-54(19)78(74)86-30-21-31-87-79-55(20)37-69(57-33-53(18)35-59(81)39-57)77(85)75(79)83-72-42-62(90(48(9)10)49(11)12)24-28-66(72)67-29-25-63(43-73(67)83)91(50(13)14)51(15)16/h22-29,32-51,84-85H,21,30-31H2,1-20H3. The molecule has 0 saturated carbocycles. The van der Waals surface area contributed by atoms with Gasteiger partial charge in [-0.3, -0.25) is 0 Å². The fraction of sp³-hybridized carbons (Fsp3) is 0.392. The number of hydrogen-bond donors (Lipinski definition) is 2. The van der Waals surface area contributed by atoms with Gasteiger partial charge in [0.2, 0.25) is 0 Å². The minimum absolute atomic E-state index is 0.0138. The number of fused-ring (bicyclic) bond motifs is 6. The lowest BCUT2D eigenvalue weighted by atomic mass is 9.98. The van der Waals surface area contributed by atoms with Crippen molar-refractivity contribution in [3.05, 3.63) is 155 Å². The summed E-state index contributed by atoms with van der Waals surface area (Å²) in [5.41, 5.74) is 14.2. The number of halogens is 2. The summed E-state index contributed by atoms with van der Waals surface area (Å²) in [4.78, 5) is 0. The lowest BCUT2D eigenvalue weighted by molar-refractivity contribution is 0.244. The van der Waals surface area contributed by atoms with Gasteiger partial charge in [-0.05, 0) is 166 Å². The van der Waals surface area contributed by atoms with E-state index in [1.807, 2.05) is 52.0 Å². The Labute approximate surface area is 548 Å². The number of hydrogen-bond acceptors (Lipinski definition) is 4. The van der Waals surface area contributed by atoms with Gasteiger partial charge in [-0.2, -0.15) is 0 Å². The summed E-state index contributed by atoms with van der Waals surface area (Å²) in [5.74, 6) is 0.362. The van der Waals surface area contributed by atoms with Gasteiger partial charge in [-0.15, -0.1) is 0 Å². The van der Waals surface area contributed by atoms with Crippen LogP contribution in [0.15, 0.2) is 121 Å². The zero-order valence-corrected chi connectivity index (χ0v) is 61.6. The molecule has 6 nitrogen and oxygen atoms in total. The second kappa shape index (κ2) is 27.1. The number of phenols is 2. The molecule has 91 heavy (non-hydrogen) atoms. The first-order chi connectivity index (χ1) is 43.1. The lowest BCUT2D eigenvalue weighted by Gasteiger charge is -2.25. The number of benzene rings is 8. The van der Waals surface area contributed by atoms with E-state index >= 15 is 8.78 Å². The third-order valence-electron chi connectivity index (χ3n) is 18.6. The summed E-state index contributed by atoms with van der Waals surface area (Å²) in [6, 6.07) is 41.8. The van der Waals surface area contributed by atoms with Gasteiger partial charge < -0.3 is 28.8 Å². The number of ether oxygens (including phenoxy) is 2. The van der Waals surface area contributed by atoms with Crippen molar-refractivity contribution in [3.8, 4) is 56.6 Å². The first-order valence-electron chi connectivity index (χ1n) is 33.3. The molecule has 10 aromatic rings. The van der Waals surface area contributed by atoms with E-state index in [4.69, 9.17) is 9.47 Å². The highest BCUT2D eigenvalue weighted by molar-refractivity contribution is 6.77. The van der Waals surface area contributed by atoms with Crippen LogP contribution in [0, 0.1) is 39.3 Å². The molecule has 10 rings (SSSR count). The predicted octanol–water partition coefficient (Wildman–Crippen LogP) is 20.1. The minimum atomic E-state index is -1.03. The second-order valence-electron chi connectivity index (χ2n) is 28.3. The maximum Gasteiger partial charge on any atom is 0.151 e. The highest BCUT2D eigenvalue weighted by Crippen LogP contribution is 2.49. The Morgan fingerprint density at radius 2 is 0.626 bits per heavy atom. The third kappa shape index (κ3) is 13.1. The zero-order chi connectivity index (χ0) is 65.9. The number of aryl methyl sites for hydroxylation is 4. The van der Waals surface area contributed by atoms with E-state index in [1.165, 1.54) is 45.0 Å². The largest absolute Gasteiger partial charge is 0.505 e. The molecule has 0 amide bonds. The van der Waals surface area contributed by atoms with E-state index in [0.29, 0.717) is 95.9 Å². The number of nitrogens with zero attached hydrogens (tertiary/aromatic N) is 2. The van der Waals surface area contributed by atoms with Gasteiger partial charge in [0.25, 0.3) is 0 Å². The van der Waals surface area contributed by atoms with Gasteiger partial charge in [0.15, 0.2) is 11.5 Å². The van der Waals surface area contributed by atoms with Crippen LogP contribution in [0.25, 0.3) is 77.2 Å². The summed E-state index contributed by atoms with van der Waals surface area (Å²) in [6.45, 7) is 45.7. The third-order valence-corrected chi connectivity index (χ3v) is 32.5. The molecule has 2 heterocycles. The Morgan fingerprint density at radius 1 is 0.363 bits per heavy atom. The number of phenolic OH excluding ortho intramolecular Hbond substituents is 2. The molecule has 12 heteroatoms. The second-order valence-corrected chi connectivity index (χ2v) is 43.5. The van der Waals surface area contributed by atoms with E-state index in [1.54, 1.807) is 0 Å². The molecular weight excluding hydrogens is 1190 g/mol. The molecule has 0 saturated heterocycles. The Hall–Kier alpha value is -6.71. The van der Waals surface area contributed by atoms with Crippen LogP contribution in [-0.4, -0.2) is 67.7 Å². The molecular formula is C79H96F2N2O4Si4. The number of aromatic hydroxyl groups is 2. The average molecular weight is 1290 g/mol. The fourth-order valence-corrected chi connectivity index (χ4v) is 28.5. The van der Waals surface area contributed by atoms with Crippen LogP contribution in [-0.2, 0) is 0 Å². The Bertz CT molecular complexity index is 3840. The van der Waals surface area contributed by atoms with Gasteiger partial charge in [0.1, 0.15) is 34.5 Å². The van der Waals surface area contributed by atoms with E-state index < -0.39 is 35.2 Å². The monoisotopic (exact) mass is 1290 g/mol. The van der Waals surface area contributed by atoms with Crippen molar-refractivity contribution in [3.63, 3.8) is 0 Å². The summed E-state index contributed by atoms with van der Waals surface area (Å²) in [7, 11) is -4.13. The molecule has 0 aliphatic rings. The van der Waals surface area contributed by atoms with Crippen LogP contribution in [0.4, 0.5) is 8.78 Å². The quantitative estimate of drug-likeness (QED) is 0.0524. The van der Waals surface area contributed by atoms with E-state index in [2.05, 4.69) is 193 Å². The van der Waals surface area contributed by atoms with E-state index in [-0.39, 0.29) is 36.3 Å². The van der Waals surface area contributed by atoms with Crippen molar-refractivity contribution in [2.75, 3.05) is 13.2 Å². The smallest absolute Gasteiger partial charge is 0.151 e. The highest BCUT2D eigenvalue weighted by atomic mass is 28.3. The summed E-state index contributed by atoms with van der Waals surface area (Å²) < 4.78 is 49.9. The van der Waals surface area contributed by atoms with Crippen LogP contribution in [0.2, 0.25) is 44.3 Å². The van der Waals surface area contributed by atoms with Gasteiger partial charge in [-0.1, -0.05) is 192 Å². The minimum Gasteiger partial charge on any atom is -0.505 e. The first kappa shape index (κ1) is 67.2. The molecule has 0 fully saturated rings. The molecule has 0 unspecified atom stereocenters. The number of rotatable bonds is 22. The van der Waals surface area contributed by atoms with Crippen LogP contribution in [0.3, 0.4) is 0 Å². The van der Waals surface area contributed by atoms with Crippen molar-refractivity contribution < 1.29 is 28.5 Å². The summed E-state index contributed by atoms with van der Waals surface area (Å²) in [5, 5.41) is 36.3. The van der Waals surface area contributed by atoms with Crippen molar-refractivity contribution in [1.82, 2.24) is 9.13 Å². The molecule has 476 valence electrons. The Balaban J connectivity index is 1.15. The normalized spacial score (nSPS) is 12.6. The molecule has 4 radical (unpaired) electrons. The Kier molecular flexibility index (Phi) is 20.0. The molecule has 8 aromatic carbocycles. The van der Waals surface area contributed by atoms with Crippen LogP contribution in [0.1, 0.15) is 139 Å². The maximum atomic E-state index is 15.5. The predicted molar refractivity (Wildman–Crippen MR) is 393 cm³/mol. The molecule has 0 spiro atoms. The zero-order valence-electron chi connectivity index (χ0n) is 57.6. The summed E-state index contributed by atoms with van der Waals surface area (Å²) >= 11 is 0. The van der Waals surface area contributed by atoms with Gasteiger partial charge >= 0.3 is 0 Å². The van der Waals surface area contributed by atoms with Crippen molar-refractivity contribution in [1.29, 1.82) is 0 Å². The molecule has 0 aliphatic carbocycles. The topological polar surface area (TPSA) is 68.8 Å². The highest BCUT2D eigenvalue weighted by Gasteiger charge is 2.32. The van der Waals surface area contributed by atoms with Crippen LogP contribution in [0.5, 0.6) is 23.0 Å². The van der Waals surface area contributed by atoms with Gasteiger partial charge in [0, 0.05) is 39.1 Å². The van der Waals surface area contributed by atoms with Gasteiger partial charge in [-0.25, -0.2) is 8.78 Å². The van der Waals surface area contributed by atoms with Gasteiger partial charge in [0.05, 0.1) is 70.5 Å². The molecule has 0 atom stereocenters. The average Bonchev–Trinajstić information content (AvgIpc) is 1.72. The van der Waals surface area contributed by atoms with Crippen molar-refractivity contribution in [2.24, 2.45) is 0 Å². The SMILES string of the molecule is Cc1cc(F)cc(-c2cc(C)c(OCCCOc3c(C)cc(-c4cc(C)cc(F)c4)c(O)c3-n3c4cc([Si](C(C)C)C(C)C)ccc4c4ccc([Si](C(C)C)C(C)C)cc43)c(-n3c4cc([Si](C(C)C)C(C)C)ccc4c4ccc([Si](C(C)C)C(C)C)cc43)c2O)c1. The van der Waals surface area contributed by atoms with Crippen molar-refractivity contribution >= 4 is 99.5 Å². The Morgan fingerprint density at radius 3 is 0.868 bits per heavy atom. The van der Waals surface area contributed by atoms with Crippen LogP contribution < -0.4 is 30.2 Å². The lowest BCUT2D eigenvalue weighted by Crippen LogP contribution is -2.35. The molecule has 0 aliphatic heterocycles. The number of aromatic nitrogens is 2. The molecule has 2 N–H and O–H groups in total. The molecule has 0 bridgehead atoms. The van der Waals surface area contributed by atoms with E-state index in [9.17, 15) is 10.2 Å².